The molecule has 0 spiro atoms. The molecule has 10 heteroatoms. The van der Waals surface area contributed by atoms with E-state index in [0.29, 0.717) is 28.0 Å². The SMILES string of the molecule is CN(C)C1CCN(c2ccc(Nc3ncc(Br)c(Nc4ccnn(C5C=CC=CC5)c4=O)n3)cc2)CC1. The summed E-state index contributed by atoms with van der Waals surface area (Å²) in [5.74, 6) is 0.923. The van der Waals surface area contributed by atoms with Crippen molar-refractivity contribution in [3.05, 3.63) is 81.9 Å². The first-order valence-electron chi connectivity index (χ1n) is 12.5. The fourth-order valence-corrected chi connectivity index (χ4v) is 4.96. The molecule has 0 saturated carbocycles. The molecule has 0 amide bonds. The number of halogens is 1. The number of aromatic nitrogens is 4. The van der Waals surface area contributed by atoms with Crippen LogP contribution in [0.3, 0.4) is 0 Å². The molecule has 192 valence electrons. The number of allylic oxidation sites excluding steroid dienone is 4. The standard InChI is InChI=1S/C27H31BrN8O/c1-34(2)20-13-16-35(17-14-20)21-10-8-19(9-11-21)31-27-29-18-23(28)25(33-27)32-24-12-15-30-36(26(24)37)22-6-4-3-5-7-22/h3-6,8-12,15,18,20,22H,7,13-14,16-17H2,1-2H3,(H2,29,31,32,33). The van der Waals surface area contributed by atoms with Crippen LogP contribution in [0.2, 0.25) is 0 Å². The maximum absolute atomic E-state index is 13.1. The highest BCUT2D eigenvalue weighted by Crippen LogP contribution is 2.27. The second-order valence-corrected chi connectivity index (χ2v) is 10.3. The maximum Gasteiger partial charge on any atom is 0.291 e. The summed E-state index contributed by atoms with van der Waals surface area (Å²) in [5, 5.41) is 10.7. The lowest BCUT2D eigenvalue weighted by atomic mass is 10.0. The fraction of sp³-hybridized carbons (Fsp3) is 0.333. The second-order valence-electron chi connectivity index (χ2n) is 9.48. The minimum Gasteiger partial charge on any atom is -0.371 e. The van der Waals surface area contributed by atoms with Crippen molar-refractivity contribution in [2.75, 3.05) is 42.7 Å². The van der Waals surface area contributed by atoms with Crippen molar-refractivity contribution in [1.82, 2.24) is 24.6 Å². The number of rotatable bonds is 7. The van der Waals surface area contributed by atoms with Crippen molar-refractivity contribution in [1.29, 1.82) is 0 Å². The van der Waals surface area contributed by atoms with Gasteiger partial charge in [0.1, 0.15) is 5.69 Å². The number of nitrogens with zero attached hydrogens (tertiary/aromatic N) is 6. The van der Waals surface area contributed by atoms with E-state index in [4.69, 9.17) is 0 Å². The summed E-state index contributed by atoms with van der Waals surface area (Å²) in [7, 11) is 4.32. The van der Waals surface area contributed by atoms with Gasteiger partial charge >= 0.3 is 0 Å². The molecule has 1 fully saturated rings. The molecule has 0 radical (unpaired) electrons. The Hall–Kier alpha value is -3.50. The van der Waals surface area contributed by atoms with Crippen LogP contribution in [0.15, 0.2) is 76.3 Å². The van der Waals surface area contributed by atoms with Gasteiger partial charge in [-0.2, -0.15) is 10.1 Å². The number of piperidine rings is 1. The van der Waals surface area contributed by atoms with Gasteiger partial charge in [-0.05, 0) is 79.6 Å². The summed E-state index contributed by atoms with van der Waals surface area (Å²) >= 11 is 3.49. The summed E-state index contributed by atoms with van der Waals surface area (Å²) in [6.45, 7) is 2.12. The normalized spacial score (nSPS) is 17.8. The molecule has 1 saturated heterocycles. The minimum absolute atomic E-state index is 0.104. The van der Waals surface area contributed by atoms with Crippen LogP contribution in [0, 0.1) is 0 Å². The van der Waals surface area contributed by atoms with Crippen molar-refractivity contribution in [3.63, 3.8) is 0 Å². The zero-order valence-corrected chi connectivity index (χ0v) is 22.6. The van der Waals surface area contributed by atoms with Crippen LogP contribution in [0.4, 0.5) is 28.8 Å². The Bertz CT molecular complexity index is 1340. The quantitative estimate of drug-likeness (QED) is 0.421. The van der Waals surface area contributed by atoms with E-state index < -0.39 is 0 Å². The Balaban J connectivity index is 1.27. The third-order valence-electron chi connectivity index (χ3n) is 6.82. The van der Waals surface area contributed by atoms with Gasteiger partial charge in [-0.3, -0.25) is 4.79 Å². The lowest BCUT2D eigenvalue weighted by molar-refractivity contribution is 0.249. The largest absolute Gasteiger partial charge is 0.371 e. The van der Waals surface area contributed by atoms with Crippen molar-refractivity contribution in [3.8, 4) is 0 Å². The Morgan fingerprint density at radius 3 is 2.54 bits per heavy atom. The highest BCUT2D eigenvalue weighted by molar-refractivity contribution is 9.10. The lowest BCUT2D eigenvalue weighted by Gasteiger charge is -2.36. The molecule has 9 nitrogen and oxygen atoms in total. The van der Waals surface area contributed by atoms with Gasteiger partial charge < -0.3 is 20.4 Å². The molecular weight excluding hydrogens is 532 g/mol. The van der Waals surface area contributed by atoms with E-state index in [0.717, 1.165) is 25.2 Å². The Morgan fingerprint density at radius 2 is 1.84 bits per heavy atom. The zero-order chi connectivity index (χ0) is 25.8. The van der Waals surface area contributed by atoms with Gasteiger partial charge in [0.2, 0.25) is 5.95 Å². The Labute approximate surface area is 225 Å². The van der Waals surface area contributed by atoms with Crippen molar-refractivity contribution in [2.24, 2.45) is 0 Å². The molecule has 1 aliphatic heterocycles. The van der Waals surface area contributed by atoms with E-state index in [1.807, 2.05) is 36.4 Å². The number of hydrogen-bond acceptors (Lipinski definition) is 8. The van der Waals surface area contributed by atoms with Gasteiger partial charge in [0.15, 0.2) is 5.82 Å². The van der Waals surface area contributed by atoms with Gasteiger partial charge in [0.25, 0.3) is 5.56 Å². The molecule has 2 N–H and O–H groups in total. The van der Waals surface area contributed by atoms with Crippen LogP contribution in [-0.2, 0) is 0 Å². The molecule has 3 heterocycles. The predicted octanol–water partition coefficient (Wildman–Crippen LogP) is 4.87. The lowest BCUT2D eigenvalue weighted by Crippen LogP contribution is -2.41. The second kappa shape index (κ2) is 11.3. The topological polar surface area (TPSA) is 91.2 Å². The highest BCUT2D eigenvalue weighted by Gasteiger charge is 2.21. The smallest absolute Gasteiger partial charge is 0.291 e. The van der Waals surface area contributed by atoms with E-state index in [2.05, 4.69) is 77.7 Å². The summed E-state index contributed by atoms with van der Waals surface area (Å²) in [4.78, 5) is 26.8. The summed E-state index contributed by atoms with van der Waals surface area (Å²) < 4.78 is 2.14. The van der Waals surface area contributed by atoms with Gasteiger partial charge in [0, 0.05) is 42.9 Å². The van der Waals surface area contributed by atoms with E-state index in [9.17, 15) is 4.79 Å². The molecular formula is C27H31BrN8O. The molecule has 1 unspecified atom stereocenters. The van der Waals surface area contributed by atoms with Gasteiger partial charge in [0.05, 0.1) is 10.5 Å². The molecule has 2 aliphatic rings. The van der Waals surface area contributed by atoms with Crippen LogP contribution in [-0.4, -0.2) is 57.9 Å². The molecule has 2 aromatic heterocycles. The first-order chi connectivity index (χ1) is 18.0. The predicted molar refractivity (Wildman–Crippen MR) is 152 cm³/mol. The average Bonchev–Trinajstić information content (AvgIpc) is 2.92. The van der Waals surface area contributed by atoms with E-state index in [1.54, 1.807) is 18.5 Å². The van der Waals surface area contributed by atoms with Crippen LogP contribution in [0.1, 0.15) is 25.3 Å². The third-order valence-corrected chi connectivity index (χ3v) is 7.40. The van der Waals surface area contributed by atoms with Crippen molar-refractivity contribution in [2.45, 2.75) is 31.3 Å². The molecule has 1 atom stereocenters. The van der Waals surface area contributed by atoms with Crippen LogP contribution in [0.25, 0.3) is 0 Å². The number of nitrogens with one attached hydrogen (secondary N) is 2. The minimum atomic E-state index is -0.210. The van der Waals surface area contributed by atoms with Gasteiger partial charge in [-0.25, -0.2) is 9.67 Å². The molecule has 1 aromatic carbocycles. The van der Waals surface area contributed by atoms with Crippen molar-refractivity contribution < 1.29 is 0 Å². The summed E-state index contributed by atoms with van der Waals surface area (Å²) in [5.41, 5.74) is 2.30. The number of anilines is 5. The van der Waals surface area contributed by atoms with Gasteiger partial charge in [-0.15, -0.1) is 0 Å². The third kappa shape index (κ3) is 5.91. The Morgan fingerprint density at radius 1 is 1.05 bits per heavy atom. The first kappa shape index (κ1) is 25.2. The van der Waals surface area contributed by atoms with Crippen LogP contribution in [0.5, 0.6) is 0 Å². The fourth-order valence-electron chi connectivity index (χ4n) is 4.67. The molecule has 3 aromatic rings. The molecule has 1 aliphatic carbocycles. The number of hydrogen-bond donors (Lipinski definition) is 2. The van der Waals surface area contributed by atoms with Gasteiger partial charge in [-0.1, -0.05) is 24.3 Å². The Kier molecular flexibility index (Phi) is 7.66. The zero-order valence-electron chi connectivity index (χ0n) is 21.0. The van der Waals surface area contributed by atoms with E-state index >= 15 is 0 Å². The first-order valence-corrected chi connectivity index (χ1v) is 13.3. The molecule has 37 heavy (non-hydrogen) atoms. The average molecular weight is 564 g/mol. The highest BCUT2D eigenvalue weighted by atomic mass is 79.9. The summed E-state index contributed by atoms with van der Waals surface area (Å²) in [6.07, 6.45) is 14.3. The molecule has 5 rings (SSSR count). The molecule has 0 bridgehead atoms. The maximum atomic E-state index is 13.1. The van der Waals surface area contributed by atoms with E-state index in [-0.39, 0.29) is 11.6 Å². The van der Waals surface area contributed by atoms with E-state index in [1.165, 1.54) is 23.2 Å². The summed E-state index contributed by atoms with van der Waals surface area (Å²) in [6, 6.07) is 10.6. The van der Waals surface area contributed by atoms with Crippen LogP contribution < -0.4 is 21.1 Å². The monoisotopic (exact) mass is 562 g/mol. The number of benzene rings is 1. The van der Waals surface area contributed by atoms with Crippen molar-refractivity contribution >= 4 is 44.8 Å². The van der Waals surface area contributed by atoms with Crippen LogP contribution >= 0.6 is 15.9 Å².